The predicted octanol–water partition coefficient (Wildman–Crippen LogP) is 2.90. The first-order chi connectivity index (χ1) is 10.1. The van der Waals surface area contributed by atoms with Gasteiger partial charge in [-0.15, -0.1) is 0 Å². The van der Waals surface area contributed by atoms with Gasteiger partial charge in [-0.1, -0.05) is 6.07 Å². The number of nitrogens with two attached hydrogens (primary N) is 1. The van der Waals surface area contributed by atoms with E-state index in [1.807, 2.05) is 44.2 Å². The molecule has 0 unspecified atom stereocenters. The Bertz CT molecular complexity index is 810. The van der Waals surface area contributed by atoms with Crippen LogP contribution in [0.3, 0.4) is 0 Å². The summed E-state index contributed by atoms with van der Waals surface area (Å²) in [4.78, 5) is 13.0. The lowest BCUT2D eigenvalue weighted by Crippen LogP contribution is -1.99. The van der Waals surface area contributed by atoms with Crippen LogP contribution in [0, 0.1) is 13.8 Å². The highest BCUT2D eigenvalue weighted by molar-refractivity contribution is 5.97. The Morgan fingerprint density at radius 3 is 2.48 bits per heavy atom. The molecular weight excluding hydrogens is 264 g/mol. The van der Waals surface area contributed by atoms with Gasteiger partial charge in [0, 0.05) is 22.3 Å². The third-order valence-corrected chi connectivity index (χ3v) is 3.33. The van der Waals surface area contributed by atoms with Crippen LogP contribution in [0.1, 0.15) is 11.4 Å². The topological polar surface area (TPSA) is 73.9 Å². The third kappa shape index (κ3) is 2.38. The van der Waals surface area contributed by atoms with E-state index < -0.39 is 0 Å². The van der Waals surface area contributed by atoms with Crippen molar-refractivity contribution in [2.75, 3.05) is 12.8 Å². The quantitative estimate of drug-likeness (QED) is 0.781. The number of aromatic nitrogens is 3. The highest BCUT2D eigenvalue weighted by Gasteiger charge is 2.12. The molecule has 0 spiro atoms. The maximum absolute atomic E-state index is 5.76. The summed E-state index contributed by atoms with van der Waals surface area (Å²) in [7, 11) is 1.64. The lowest BCUT2D eigenvalue weighted by Gasteiger charge is -2.11. The summed E-state index contributed by atoms with van der Waals surface area (Å²) < 4.78 is 5.40. The molecule has 0 saturated carbocycles. The number of benzene rings is 1. The Labute approximate surface area is 122 Å². The van der Waals surface area contributed by atoms with E-state index in [1.165, 1.54) is 0 Å². The van der Waals surface area contributed by atoms with Gasteiger partial charge in [0.15, 0.2) is 0 Å². The summed E-state index contributed by atoms with van der Waals surface area (Å²) in [5.74, 6) is 1.02. The Balaban J connectivity index is 2.33. The van der Waals surface area contributed by atoms with Crippen LogP contribution in [0.2, 0.25) is 0 Å². The molecule has 3 rings (SSSR count). The predicted molar refractivity (Wildman–Crippen MR) is 83.2 cm³/mol. The largest absolute Gasteiger partial charge is 0.494 e. The van der Waals surface area contributed by atoms with Crippen molar-refractivity contribution in [3.63, 3.8) is 0 Å². The average molecular weight is 280 g/mol. The number of hydrogen-bond donors (Lipinski definition) is 1. The molecule has 5 nitrogen and oxygen atoms in total. The molecular formula is C16H16N4O. The number of aryl methyl sites for hydroxylation is 2. The zero-order valence-corrected chi connectivity index (χ0v) is 12.2. The van der Waals surface area contributed by atoms with Gasteiger partial charge in [-0.2, -0.15) is 0 Å². The Morgan fingerprint density at radius 1 is 0.952 bits per heavy atom. The minimum atomic E-state index is 0.272. The molecule has 2 N–H and O–H groups in total. The fourth-order valence-electron chi connectivity index (χ4n) is 2.41. The molecule has 5 heteroatoms. The van der Waals surface area contributed by atoms with Crippen molar-refractivity contribution in [2.45, 2.75) is 13.8 Å². The van der Waals surface area contributed by atoms with E-state index >= 15 is 0 Å². The number of pyridine rings is 1. The van der Waals surface area contributed by atoms with Gasteiger partial charge in [0.2, 0.25) is 5.95 Å². The minimum absolute atomic E-state index is 0.272. The van der Waals surface area contributed by atoms with Crippen LogP contribution >= 0.6 is 0 Å². The fourth-order valence-corrected chi connectivity index (χ4v) is 2.41. The molecule has 2 heterocycles. The maximum Gasteiger partial charge on any atom is 0.220 e. The van der Waals surface area contributed by atoms with Gasteiger partial charge in [-0.05, 0) is 38.1 Å². The number of fused-ring (bicyclic) bond motifs is 1. The summed E-state index contributed by atoms with van der Waals surface area (Å²) in [6.07, 6.45) is 0. The molecule has 0 amide bonds. The van der Waals surface area contributed by atoms with Crippen molar-refractivity contribution in [3.05, 3.63) is 41.7 Å². The molecule has 0 fully saturated rings. The zero-order chi connectivity index (χ0) is 15.0. The van der Waals surface area contributed by atoms with Crippen LogP contribution in [0.5, 0.6) is 5.75 Å². The molecule has 0 bridgehead atoms. The number of ether oxygens (including phenoxy) is 1. The summed E-state index contributed by atoms with van der Waals surface area (Å²) >= 11 is 0. The van der Waals surface area contributed by atoms with E-state index in [-0.39, 0.29) is 5.95 Å². The lowest BCUT2D eigenvalue weighted by molar-refractivity contribution is 0.419. The van der Waals surface area contributed by atoms with Crippen molar-refractivity contribution in [1.29, 1.82) is 0 Å². The van der Waals surface area contributed by atoms with Crippen LogP contribution in [-0.2, 0) is 0 Å². The summed E-state index contributed by atoms with van der Waals surface area (Å²) in [5, 5.41) is 0.984. The second-order valence-electron chi connectivity index (χ2n) is 4.92. The number of nitrogen functional groups attached to an aromatic ring is 1. The Kier molecular flexibility index (Phi) is 3.17. The number of rotatable bonds is 2. The number of anilines is 1. The molecule has 0 aliphatic rings. The maximum atomic E-state index is 5.76. The first-order valence-electron chi connectivity index (χ1n) is 6.64. The molecule has 0 radical (unpaired) electrons. The van der Waals surface area contributed by atoms with Gasteiger partial charge in [-0.25, -0.2) is 15.0 Å². The summed E-state index contributed by atoms with van der Waals surface area (Å²) in [6, 6.07) is 9.79. The van der Waals surface area contributed by atoms with Gasteiger partial charge in [-0.3, -0.25) is 0 Å². The van der Waals surface area contributed by atoms with Crippen LogP contribution in [0.25, 0.3) is 22.2 Å². The van der Waals surface area contributed by atoms with E-state index in [0.29, 0.717) is 0 Å². The molecule has 106 valence electrons. The van der Waals surface area contributed by atoms with E-state index in [4.69, 9.17) is 10.5 Å². The van der Waals surface area contributed by atoms with Crippen LogP contribution in [-0.4, -0.2) is 22.1 Å². The SMILES string of the molecule is COc1ccc(-c2cc(C)nc(N)n2)c2ccc(C)nc12. The second kappa shape index (κ2) is 5.01. The first-order valence-corrected chi connectivity index (χ1v) is 6.64. The molecule has 0 saturated heterocycles. The first kappa shape index (κ1) is 13.3. The van der Waals surface area contributed by atoms with Gasteiger partial charge in [0.25, 0.3) is 0 Å². The average Bonchev–Trinajstić information content (AvgIpc) is 2.44. The van der Waals surface area contributed by atoms with E-state index in [9.17, 15) is 0 Å². The molecule has 2 aromatic heterocycles. The van der Waals surface area contributed by atoms with Gasteiger partial charge >= 0.3 is 0 Å². The summed E-state index contributed by atoms with van der Waals surface area (Å²) in [5.41, 5.74) is 10.1. The monoisotopic (exact) mass is 280 g/mol. The molecule has 0 atom stereocenters. The Morgan fingerprint density at radius 2 is 1.76 bits per heavy atom. The van der Waals surface area contributed by atoms with Crippen molar-refractivity contribution < 1.29 is 4.74 Å². The molecule has 0 aliphatic heterocycles. The molecule has 21 heavy (non-hydrogen) atoms. The third-order valence-electron chi connectivity index (χ3n) is 3.33. The van der Waals surface area contributed by atoms with Crippen molar-refractivity contribution in [3.8, 4) is 17.0 Å². The van der Waals surface area contributed by atoms with Crippen molar-refractivity contribution >= 4 is 16.9 Å². The smallest absolute Gasteiger partial charge is 0.220 e. The highest BCUT2D eigenvalue weighted by atomic mass is 16.5. The number of nitrogens with zero attached hydrogens (tertiary/aromatic N) is 3. The normalized spacial score (nSPS) is 10.8. The Hall–Kier alpha value is -2.69. The van der Waals surface area contributed by atoms with E-state index in [1.54, 1.807) is 7.11 Å². The van der Waals surface area contributed by atoms with Crippen LogP contribution in [0.15, 0.2) is 30.3 Å². The number of hydrogen-bond acceptors (Lipinski definition) is 5. The lowest BCUT2D eigenvalue weighted by atomic mass is 10.0. The van der Waals surface area contributed by atoms with Crippen molar-refractivity contribution in [1.82, 2.24) is 15.0 Å². The number of methoxy groups -OCH3 is 1. The zero-order valence-electron chi connectivity index (χ0n) is 12.2. The van der Waals surface area contributed by atoms with Crippen LogP contribution in [0.4, 0.5) is 5.95 Å². The second-order valence-corrected chi connectivity index (χ2v) is 4.92. The molecule has 0 aliphatic carbocycles. The summed E-state index contributed by atoms with van der Waals surface area (Å²) in [6.45, 7) is 3.86. The van der Waals surface area contributed by atoms with E-state index in [0.717, 1.165) is 39.3 Å². The molecule has 1 aromatic carbocycles. The molecule has 3 aromatic rings. The fraction of sp³-hybridized carbons (Fsp3) is 0.188. The van der Waals surface area contributed by atoms with Gasteiger partial charge in [0.1, 0.15) is 11.3 Å². The van der Waals surface area contributed by atoms with Crippen LogP contribution < -0.4 is 10.5 Å². The highest BCUT2D eigenvalue weighted by Crippen LogP contribution is 2.33. The van der Waals surface area contributed by atoms with Crippen molar-refractivity contribution in [2.24, 2.45) is 0 Å². The van der Waals surface area contributed by atoms with Gasteiger partial charge < -0.3 is 10.5 Å². The standard InChI is InChI=1S/C16H16N4O/c1-9-4-5-12-11(6-7-14(21-3)15(12)18-9)13-8-10(2)19-16(17)20-13/h4-8H,1-3H3,(H2,17,19,20). The van der Waals surface area contributed by atoms with Gasteiger partial charge in [0.05, 0.1) is 12.8 Å². The minimum Gasteiger partial charge on any atom is -0.494 e. The van der Waals surface area contributed by atoms with E-state index in [2.05, 4.69) is 15.0 Å².